The van der Waals surface area contributed by atoms with E-state index in [1.807, 2.05) is 6.07 Å². The van der Waals surface area contributed by atoms with Gasteiger partial charge in [0.25, 0.3) is 11.8 Å². The number of hydrogen-bond acceptors (Lipinski definition) is 3. The van der Waals surface area contributed by atoms with Crippen LogP contribution in [0.4, 0.5) is 0 Å². The van der Waals surface area contributed by atoms with Gasteiger partial charge in [0.2, 0.25) is 0 Å². The van der Waals surface area contributed by atoms with Crippen molar-refractivity contribution in [3.05, 3.63) is 69.2 Å². The highest BCUT2D eigenvalue weighted by Gasteiger charge is 2.07. The summed E-state index contributed by atoms with van der Waals surface area (Å²) in [6.07, 6.45) is 1.47. The normalized spacial score (nSPS) is 10.5. The average Bonchev–Trinajstić information content (AvgIpc) is 2.52. The Kier molecular flexibility index (Phi) is 6.31. The number of rotatable bonds is 5. The fraction of sp³-hybridized carbons (Fsp3) is 0.0625. The molecule has 2 N–H and O–H groups in total. The maximum atomic E-state index is 11.9. The lowest BCUT2D eigenvalue weighted by molar-refractivity contribution is -0.120. The van der Waals surface area contributed by atoms with Crippen molar-refractivity contribution in [2.24, 2.45) is 5.10 Å². The minimum Gasteiger partial charge on any atom is -0.343 e. The Balaban J connectivity index is 1.80. The molecule has 0 radical (unpaired) electrons. The van der Waals surface area contributed by atoms with Gasteiger partial charge in [0.15, 0.2) is 0 Å². The van der Waals surface area contributed by atoms with E-state index in [0.29, 0.717) is 10.6 Å². The number of carbonyl (C=O) groups is 2. The van der Waals surface area contributed by atoms with Crippen molar-refractivity contribution in [3.63, 3.8) is 0 Å². The third-order valence-electron chi connectivity index (χ3n) is 2.75. The molecule has 118 valence electrons. The summed E-state index contributed by atoms with van der Waals surface area (Å²) < 4.78 is 0.792. The summed E-state index contributed by atoms with van der Waals surface area (Å²) >= 11 is 9.12. The van der Waals surface area contributed by atoms with Crippen molar-refractivity contribution in [3.8, 4) is 0 Å². The molecule has 0 aliphatic heterocycles. The number of nitrogens with zero attached hydrogens (tertiary/aromatic N) is 1. The van der Waals surface area contributed by atoms with E-state index in [-0.39, 0.29) is 12.5 Å². The summed E-state index contributed by atoms with van der Waals surface area (Å²) in [5.41, 5.74) is 3.56. The molecule has 0 aliphatic carbocycles. The zero-order chi connectivity index (χ0) is 16.7. The Morgan fingerprint density at radius 1 is 1.17 bits per heavy atom. The second-order valence-corrected chi connectivity index (χ2v) is 5.89. The predicted molar refractivity (Wildman–Crippen MR) is 93.7 cm³/mol. The number of benzene rings is 2. The van der Waals surface area contributed by atoms with E-state index >= 15 is 0 Å². The first kappa shape index (κ1) is 17.2. The lowest BCUT2D eigenvalue weighted by atomic mass is 10.2. The predicted octanol–water partition coefficient (Wildman–Crippen LogP) is 2.98. The van der Waals surface area contributed by atoms with Crippen molar-refractivity contribution < 1.29 is 9.59 Å². The molecule has 0 spiro atoms. The van der Waals surface area contributed by atoms with Gasteiger partial charge in [-0.3, -0.25) is 9.59 Å². The summed E-state index contributed by atoms with van der Waals surface area (Å²) in [6.45, 7) is -0.168. The van der Waals surface area contributed by atoms with Gasteiger partial charge in [-0.1, -0.05) is 45.7 Å². The van der Waals surface area contributed by atoms with Gasteiger partial charge < -0.3 is 5.32 Å². The molecule has 2 amide bonds. The molecule has 0 bridgehead atoms. The summed E-state index contributed by atoms with van der Waals surface area (Å²) in [4.78, 5) is 23.5. The van der Waals surface area contributed by atoms with Crippen LogP contribution in [0.1, 0.15) is 15.9 Å². The molecule has 0 aromatic heterocycles. The van der Waals surface area contributed by atoms with E-state index in [4.69, 9.17) is 11.6 Å². The zero-order valence-corrected chi connectivity index (χ0v) is 14.3. The zero-order valence-electron chi connectivity index (χ0n) is 11.9. The van der Waals surface area contributed by atoms with Gasteiger partial charge in [-0.25, -0.2) is 5.43 Å². The maximum Gasteiger partial charge on any atom is 0.259 e. The lowest BCUT2D eigenvalue weighted by Gasteiger charge is -2.04. The van der Waals surface area contributed by atoms with Crippen LogP contribution in [-0.4, -0.2) is 24.6 Å². The molecule has 0 atom stereocenters. The summed E-state index contributed by atoms with van der Waals surface area (Å²) in [7, 11) is 0. The highest BCUT2D eigenvalue weighted by atomic mass is 79.9. The van der Waals surface area contributed by atoms with E-state index in [1.54, 1.807) is 42.5 Å². The standard InChI is InChI=1S/C16H13BrClN3O2/c17-13-5-2-4-12(8-13)16(23)19-10-15(22)21-20-9-11-3-1-6-14(18)7-11/h1-9H,10H2,(H,19,23)(H,21,22)/b20-9-. The fourth-order valence-corrected chi connectivity index (χ4v) is 2.30. The Hall–Kier alpha value is -2.18. The van der Waals surface area contributed by atoms with Gasteiger partial charge in [-0.2, -0.15) is 5.10 Å². The quantitative estimate of drug-likeness (QED) is 0.604. The van der Waals surface area contributed by atoms with E-state index in [1.165, 1.54) is 6.21 Å². The minimum atomic E-state index is -0.424. The molecular weight excluding hydrogens is 382 g/mol. The molecule has 0 aliphatic rings. The van der Waals surface area contributed by atoms with Crippen LogP contribution in [0, 0.1) is 0 Å². The molecule has 2 aromatic rings. The molecule has 0 saturated heterocycles. The Labute approximate surface area is 146 Å². The van der Waals surface area contributed by atoms with E-state index in [2.05, 4.69) is 31.8 Å². The first-order valence-corrected chi connectivity index (χ1v) is 7.83. The smallest absolute Gasteiger partial charge is 0.259 e. The highest BCUT2D eigenvalue weighted by molar-refractivity contribution is 9.10. The average molecular weight is 395 g/mol. The van der Waals surface area contributed by atoms with Crippen LogP contribution in [0.3, 0.4) is 0 Å². The van der Waals surface area contributed by atoms with E-state index in [0.717, 1.165) is 10.0 Å². The summed E-state index contributed by atoms with van der Waals surface area (Å²) in [6, 6.07) is 13.9. The van der Waals surface area contributed by atoms with Gasteiger partial charge in [0, 0.05) is 15.1 Å². The van der Waals surface area contributed by atoms with Gasteiger partial charge in [0.05, 0.1) is 12.8 Å². The first-order valence-electron chi connectivity index (χ1n) is 6.66. The Morgan fingerprint density at radius 3 is 2.70 bits per heavy atom. The third kappa shape index (κ3) is 5.84. The van der Waals surface area contributed by atoms with Gasteiger partial charge in [-0.05, 0) is 35.9 Å². The number of hydrazone groups is 1. The largest absolute Gasteiger partial charge is 0.343 e. The van der Waals surface area contributed by atoms with Crippen molar-refractivity contribution in [1.82, 2.24) is 10.7 Å². The van der Waals surface area contributed by atoms with Crippen LogP contribution in [0.5, 0.6) is 0 Å². The van der Waals surface area contributed by atoms with Gasteiger partial charge in [0.1, 0.15) is 0 Å². The molecule has 0 heterocycles. The van der Waals surface area contributed by atoms with Crippen molar-refractivity contribution in [2.75, 3.05) is 6.54 Å². The lowest BCUT2D eigenvalue weighted by Crippen LogP contribution is -2.34. The van der Waals surface area contributed by atoms with Crippen LogP contribution in [0.15, 0.2) is 58.1 Å². The molecular formula is C16H13BrClN3O2. The number of nitrogens with one attached hydrogen (secondary N) is 2. The second-order valence-electron chi connectivity index (χ2n) is 4.54. The van der Waals surface area contributed by atoms with Crippen LogP contribution >= 0.6 is 27.5 Å². The van der Waals surface area contributed by atoms with Crippen LogP contribution in [-0.2, 0) is 4.79 Å². The Bertz CT molecular complexity index is 750. The monoisotopic (exact) mass is 393 g/mol. The summed E-state index contributed by atoms with van der Waals surface area (Å²) in [5.74, 6) is -0.758. The molecule has 5 nitrogen and oxygen atoms in total. The van der Waals surface area contributed by atoms with Gasteiger partial charge in [-0.15, -0.1) is 0 Å². The van der Waals surface area contributed by atoms with E-state index in [9.17, 15) is 9.59 Å². The molecule has 2 aromatic carbocycles. The van der Waals surface area contributed by atoms with Crippen molar-refractivity contribution >= 4 is 45.6 Å². The molecule has 0 saturated carbocycles. The molecule has 7 heteroatoms. The maximum absolute atomic E-state index is 11.9. The first-order chi connectivity index (χ1) is 11.0. The molecule has 23 heavy (non-hydrogen) atoms. The minimum absolute atomic E-state index is 0.168. The van der Waals surface area contributed by atoms with Gasteiger partial charge >= 0.3 is 0 Å². The second kappa shape index (κ2) is 8.45. The number of hydrogen-bond donors (Lipinski definition) is 2. The van der Waals surface area contributed by atoms with Crippen LogP contribution in [0.2, 0.25) is 5.02 Å². The van der Waals surface area contributed by atoms with E-state index < -0.39 is 5.91 Å². The highest BCUT2D eigenvalue weighted by Crippen LogP contribution is 2.11. The van der Waals surface area contributed by atoms with Crippen molar-refractivity contribution in [2.45, 2.75) is 0 Å². The summed E-state index contributed by atoms with van der Waals surface area (Å²) in [5, 5.41) is 6.91. The fourth-order valence-electron chi connectivity index (χ4n) is 1.70. The molecule has 2 rings (SSSR count). The number of amides is 2. The third-order valence-corrected chi connectivity index (χ3v) is 3.48. The van der Waals surface area contributed by atoms with Crippen LogP contribution < -0.4 is 10.7 Å². The topological polar surface area (TPSA) is 70.6 Å². The Morgan fingerprint density at radius 2 is 1.96 bits per heavy atom. The van der Waals surface area contributed by atoms with Crippen LogP contribution in [0.25, 0.3) is 0 Å². The number of carbonyl (C=O) groups excluding carboxylic acids is 2. The SMILES string of the molecule is O=C(CNC(=O)c1cccc(Br)c1)N/N=C\c1cccc(Cl)c1. The van der Waals surface area contributed by atoms with Crippen molar-refractivity contribution in [1.29, 1.82) is 0 Å². The molecule has 0 fully saturated rings. The number of halogens is 2. The molecule has 0 unspecified atom stereocenters.